The molecule has 0 aromatic heterocycles. The number of hydrogen-bond acceptors (Lipinski definition) is 5. The number of ether oxygens (including phenoxy) is 2. The number of esters is 1. The molecule has 0 amide bonds. The fourth-order valence-corrected chi connectivity index (χ4v) is 2.37. The quantitative estimate of drug-likeness (QED) is 0.369. The molecule has 0 bridgehead atoms. The van der Waals surface area contributed by atoms with E-state index in [-0.39, 0.29) is 12.6 Å². The van der Waals surface area contributed by atoms with E-state index in [2.05, 4.69) is 0 Å². The van der Waals surface area contributed by atoms with Gasteiger partial charge in [-0.1, -0.05) is 24.3 Å². The van der Waals surface area contributed by atoms with Crippen molar-refractivity contribution in [2.75, 3.05) is 24.7 Å². The van der Waals surface area contributed by atoms with Crippen LogP contribution in [0.15, 0.2) is 59.5 Å². The molecule has 2 N–H and O–H groups in total. The van der Waals surface area contributed by atoms with E-state index < -0.39 is 0 Å². The van der Waals surface area contributed by atoms with E-state index in [0.717, 1.165) is 4.90 Å². The van der Waals surface area contributed by atoms with Crippen molar-refractivity contribution in [3.63, 3.8) is 0 Å². The third kappa shape index (κ3) is 5.79. The first kappa shape index (κ1) is 15.3. The molecule has 0 saturated heterocycles. The van der Waals surface area contributed by atoms with E-state index >= 15 is 0 Å². The Morgan fingerprint density at radius 3 is 2.67 bits per heavy atom. The minimum Gasteiger partial charge on any atom is -0.482 e. The molecule has 0 saturated carbocycles. The third-order valence-electron chi connectivity index (χ3n) is 2.57. The number of anilines is 1. The van der Waals surface area contributed by atoms with Crippen LogP contribution in [0.25, 0.3) is 0 Å². The van der Waals surface area contributed by atoms with Crippen molar-refractivity contribution < 1.29 is 14.3 Å². The highest BCUT2D eigenvalue weighted by molar-refractivity contribution is 7.99. The highest BCUT2D eigenvalue weighted by atomic mass is 32.2. The molecule has 5 heteroatoms. The number of nitrogens with two attached hydrogens (primary N) is 1. The van der Waals surface area contributed by atoms with Gasteiger partial charge in [0.2, 0.25) is 0 Å². The van der Waals surface area contributed by atoms with Crippen LogP contribution in [-0.2, 0) is 9.53 Å². The van der Waals surface area contributed by atoms with Gasteiger partial charge >= 0.3 is 5.97 Å². The van der Waals surface area contributed by atoms with Crippen LogP contribution in [0.1, 0.15) is 0 Å². The second-order valence-electron chi connectivity index (χ2n) is 4.24. The first-order valence-electron chi connectivity index (χ1n) is 6.56. The molecule has 0 aliphatic heterocycles. The summed E-state index contributed by atoms with van der Waals surface area (Å²) in [5.41, 5.74) is 6.22. The molecule has 2 aromatic rings. The molecule has 0 atom stereocenters. The molecule has 110 valence electrons. The lowest BCUT2D eigenvalue weighted by Crippen LogP contribution is -2.16. The summed E-state index contributed by atoms with van der Waals surface area (Å²) < 4.78 is 10.4. The number of hydrogen-bond donors (Lipinski definition) is 1. The van der Waals surface area contributed by atoms with Gasteiger partial charge in [-0.05, 0) is 24.3 Å². The molecule has 4 nitrogen and oxygen atoms in total. The SMILES string of the molecule is Nc1cccc(OCC(=O)OCCSc2ccccc2)c1. The van der Waals surface area contributed by atoms with Gasteiger partial charge in [0.15, 0.2) is 6.61 Å². The molecule has 0 unspecified atom stereocenters. The van der Waals surface area contributed by atoms with Gasteiger partial charge in [-0.25, -0.2) is 4.79 Å². The average Bonchev–Trinajstić information content (AvgIpc) is 2.51. The molecule has 0 heterocycles. The Hall–Kier alpha value is -2.14. The minimum absolute atomic E-state index is 0.112. The lowest BCUT2D eigenvalue weighted by atomic mass is 10.3. The Labute approximate surface area is 128 Å². The largest absolute Gasteiger partial charge is 0.482 e. The van der Waals surface area contributed by atoms with Crippen LogP contribution in [0, 0.1) is 0 Å². The van der Waals surface area contributed by atoms with Gasteiger partial charge in [0.1, 0.15) is 12.4 Å². The number of thioether (sulfide) groups is 1. The van der Waals surface area contributed by atoms with Crippen LogP contribution in [0.5, 0.6) is 5.75 Å². The molecule has 0 aliphatic carbocycles. The van der Waals surface area contributed by atoms with Crippen molar-refractivity contribution in [2.24, 2.45) is 0 Å². The molecular weight excluding hydrogens is 286 g/mol. The van der Waals surface area contributed by atoms with Crippen LogP contribution < -0.4 is 10.5 Å². The van der Waals surface area contributed by atoms with Gasteiger partial charge in [0.25, 0.3) is 0 Å². The van der Waals surface area contributed by atoms with E-state index in [1.807, 2.05) is 30.3 Å². The minimum atomic E-state index is -0.383. The Kier molecular flexibility index (Phi) is 5.97. The summed E-state index contributed by atoms with van der Waals surface area (Å²) in [5, 5.41) is 0. The zero-order valence-electron chi connectivity index (χ0n) is 11.5. The molecule has 0 fully saturated rings. The predicted octanol–water partition coefficient (Wildman–Crippen LogP) is 2.98. The van der Waals surface area contributed by atoms with Crippen LogP contribution in [0.3, 0.4) is 0 Å². The van der Waals surface area contributed by atoms with Crippen LogP contribution in [0.2, 0.25) is 0 Å². The first-order valence-corrected chi connectivity index (χ1v) is 7.54. The smallest absolute Gasteiger partial charge is 0.344 e. The summed E-state index contributed by atoms with van der Waals surface area (Å²) in [6.07, 6.45) is 0. The van der Waals surface area contributed by atoms with Crippen molar-refractivity contribution in [2.45, 2.75) is 4.90 Å². The Balaban J connectivity index is 1.62. The van der Waals surface area contributed by atoms with Gasteiger partial charge in [-0.15, -0.1) is 11.8 Å². The Morgan fingerprint density at radius 2 is 1.90 bits per heavy atom. The maximum atomic E-state index is 11.5. The lowest BCUT2D eigenvalue weighted by Gasteiger charge is -2.07. The normalized spacial score (nSPS) is 10.1. The summed E-state index contributed by atoms with van der Waals surface area (Å²) in [7, 11) is 0. The van der Waals surface area contributed by atoms with Crippen molar-refractivity contribution in [1.29, 1.82) is 0 Å². The molecule has 2 rings (SSSR count). The van der Waals surface area contributed by atoms with E-state index in [4.69, 9.17) is 15.2 Å². The van der Waals surface area contributed by atoms with Crippen molar-refractivity contribution in [3.8, 4) is 5.75 Å². The number of carbonyl (C=O) groups excluding carboxylic acids is 1. The summed E-state index contributed by atoms with van der Waals surface area (Å²) in [5.74, 6) is 0.894. The number of nitrogen functional groups attached to an aromatic ring is 1. The standard InChI is InChI=1S/C16H17NO3S/c17-13-5-4-6-14(11-13)20-12-16(18)19-9-10-21-15-7-2-1-3-8-15/h1-8,11H,9-10,12,17H2. The van der Waals surface area contributed by atoms with Crippen molar-refractivity contribution in [1.82, 2.24) is 0 Å². The summed E-state index contributed by atoms with van der Waals surface area (Å²) >= 11 is 1.64. The lowest BCUT2D eigenvalue weighted by molar-refractivity contribution is -0.145. The topological polar surface area (TPSA) is 61.5 Å². The number of carbonyl (C=O) groups is 1. The van der Waals surface area contributed by atoms with Crippen molar-refractivity contribution in [3.05, 3.63) is 54.6 Å². The van der Waals surface area contributed by atoms with E-state index in [1.165, 1.54) is 0 Å². The predicted molar refractivity (Wildman–Crippen MR) is 84.5 cm³/mol. The van der Waals surface area contributed by atoms with Crippen LogP contribution in [-0.4, -0.2) is 24.9 Å². The molecule has 2 aromatic carbocycles. The number of rotatable bonds is 7. The van der Waals surface area contributed by atoms with Gasteiger partial charge in [-0.2, -0.15) is 0 Å². The van der Waals surface area contributed by atoms with E-state index in [9.17, 15) is 4.79 Å². The second kappa shape index (κ2) is 8.21. The average molecular weight is 303 g/mol. The number of benzene rings is 2. The molecule has 21 heavy (non-hydrogen) atoms. The van der Waals surface area contributed by atoms with Gasteiger partial charge in [0.05, 0.1) is 0 Å². The van der Waals surface area contributed by atoms with Crippen molar-refractivity contribution >= 4 is 23.4 Å². The maximum Gasteiger partial charge on any atom is 0.344 e. The van der Waals surface area contributed by atoms with Crippen LogP contribution >= 0.6 is 11.8 Å². The highest BCUT2D eigenvalue weighted by Gasteiger charge is 2.04. The summed E-state index contributed by atoms with van der Waals surface area (Å²) in [4.78, 5) is 12.7. The van der Waals surface area contributed by atoms with E-state index in [1.54, 1.807) is 36.0 Å². The maximum absolute atomic E-state index is 11.5. The molecular formula is C16H17NO3S. The summed E-state index contributed by atoms with van der Waals surface area (Å²) in [6.45, 7) is 0.248. The van der Waals surface area contributed by atoms with Gasteiger partial charge < -0.3 is 15.2 Å². The first-order chi connectivity index (χ1) is 10.2. The van der Waals surface area contributed by atoms with E-state index in [0.29, 0.717) is 23.8 Å². The monoisotopic (exact) mass is 303 g/mol. The molecule has 0 aliphatic rings. The van der Waals surface area contributed by atoms with Crippen LogP contribution in [0.4, 0.5) is 5.69 Å². The Morgan fingerprint density at radius 1 is 1.10 bits per heavy atom. The fourth-order valence-electron chi connectivity index (χ4n) is 1.62. The second-order valence-corrected chi connectivity index (χ2v) is 5.41. The summed E-state index contributed by atoms with van der Waals surface area (Å²) in [6, 6.07) is 16.9. The zero-order chi connectivity index (χ0) is 14.9. The fraction of sp³-hybridized carbons (Fsp3) is 0.188. The highest BCUT2D eigenvalue weighted by Crippen LogP contribution is 2.16. The van der Waals surface area contributed by atoms with Gasteiger partial charge in [0, 0.05) is 22.4 Å². The molecule has 0 spiro atoms. The zero-order valence-corrected chi connectivity index (χ0v) is 12.3. The third-order valence-corrected chi connectivity index (χ3v) is 3.55. The Bertz CT molecular complexity index is 575. The molecule has 0 radical (unpaired) electrons. The van der Waals surface area contributed by atoms with Gasteiger partial charge in [-0.3, -0.25) is 0 Å².